The second-order valence-corrected chi connectivity index (χ2v) is 6.40. The van der Waals surface area contributed by atoms with Crippen LogP contribution in [0.3, 0.4) is 0 Å². The molecular weight excluding hydrogens is 347 g/mol. The molecule has 0 saturated heterocycles. The molecule has 0 spiro atoms. The van der Waals surface area contributed by atoms with E-state index in [9.17, 15) is 0 Å². The van der Waals surface area contributed by atoms with Gasteiger partial charge in [0, 0.05) is 4.43 Å². The smallest absolute Gasteiger partial charge is 0.0726 e. The summed E-state index contributed by atoms with van der Waals surface area (Å²) in [7, 11) is 0. The number of rotatable bonds is 5. The third-order valence-corrected chi connectivity index (χ3v) is 4.63. The van der Waals surface area contributed by atoms with Crippen molar-refractivity contribution in [1.82, 2.24) is 0 Å². The number of ether oxygens (including phenoxy) is 1. The zero-order valence-electron chi connectivity index (χ0n) is 11.3. The molecule has 1 nitrogen and oxygen atoms in total. The van der Waals surface area contributed by atoms with Gasteiger partial charge in [-0.2, -0.15) is 0 Å². The molecule has 1 aliphatic carbocycles. The summed E-state index contributed by atoms with van der Waals surface area (Å²) in [5.74, 6) is 0. The predicted molar refractivity (Wildman–Crippen MR) is 89.1 cm³/mol. The van der Waals surface area contributed by atoms with Gasteiger partial charge in [-0.3, -0.25) is 0 Å². The van der Waals surface area contributed by atoms with Gasteiger partial charge in [0.25, 0.3) is 0 Å². The van der Waals surface area contributed by atoms with Crippen molar-refractivity contribution >= 4 is 33.4 Å². The maximum atomic E-state index is 5.97. The van der Waals surface area contributed by atoms with E-state index in [4.69, 9.17) is 4.74 Å². The highest BCUT2D eigenvalue weighted by Gasteiger charge is 2.15. The van der Waals surface area contributed by atoms with E-state index in [-0.39, 0.29) is 0 Å². The first-order valence-corrected chi connectivity index (χ1v) is 8.52. The highest BCUT2D eigenvalue weighted by molar-refractivity contribution is 14.1. The van der Waals surface area contributed by atoms with Crippen LogP contribution >= 0.6 is 22.6 Å². The van der Waals surface area contributed by atoms with Crippen LogP contribution in [0.15, 0.2) is 30.3 Å². The van der Waals surface area contributed by atoms with Crippen molar-refractivity contribution in [3.05, 3.63) is 47.0 Å². The fraction of sp³-hybridized carbons (Fsp3) is 0.412. The number of hydrogen-bond donors (Lipinski definition) is 0. The molecule has 3 rings (SSSR count). The molecule has 2 aromatic rings. The van der Waals surface area contributed by atoms with Gasteiger partial charge < -0.3 is 4.74 Å². The van der Waals surface area contributed by atoms with Gasteiger partial charge in [-0.05, 0) is 53.6 Å². The van der Waals surface area contributed by atoms with Crippen LogP contribution in [-0.4, -0.2) is 10.5 Å². The number of benzene rings is 2. The molecule has 0 amide bonds. The molecule has 0 radical (unpaired) electrons. The maximum absolute atomic E-state index is 5.97. The van der Waals surface area contributed by atoms with Crippen LogP contribution in [0.5, 0.6) is 0 Å². The lowest BCUT2D eigenvalue weighted by Crippen LogP contribution is -2.08. The lowest BCUT2D eigenvalue weighted by molar-refractivity contribution is 0.0527. The van der Waals surface area contributed by atoms with E-state index < -0.39 is 0 Å². The zero-order chi connectivity index (χ0) is 13.2. The third kappa shape index (κ3) is 2.65. The Bertz CT molecular complexity index is 581. The molecule has 0 N–H and O–H groups in total. The topological polar surface area (TPSA) is 9.23 Å². The fourth-order valence-electron chi connectivity index (χ4n) is 2.90. The van der Waals surface area contributed by atoms with E-state index in [0.717, 1.165) is 17.5 Å². The minimum atomic E-state index is 0.347. The van der Waals surface area contributed by atoms with Crippen molar-refractivity contribution in [3.63, 3.8) is 0 Å². The molecular formula is C17H19IO. The molecule has 0 bridgehead atoms. The van der Waals surface area contributed by atoms with Crippen molar-refractivity contribution < 1.29 is 4.74 Å². The Balaban J connectivity index is 1.89. The number of aryl methyl sites for hydroxylation is 2. The van der Waals surface area contributed by atoms with Crippen molar-refractivity contribution in [2.24, 2.45) is 0 Å². The maximum Gasteiger partial charge on any atom is 0.0726 e. The molecule has 2 aromatic carbocycles. The largest absolute Gasteiger partial charge is 0.374 e. The van der Waals surface area contributed by atoms with Crippen molar-refractivity contribution in [2.45, 2.75) is 38.9 Å². The molecule has 19 heavy (non-hydrogen) atoms. The molecule has 0 heterocycles. The van der Waals surface area contributed by atoms with Gasteiger partial charge in [0.2, 0.25) is 0 Å². The molecule has 1 atom stereocenters. The highest BCUT2D eigenvalue weighted by Crippen LogP contribution is 2.33. The van der Waals surface area contributed by atoms with Crippen molar-refractivity contribution in [2.75, 3.05) is 4.43 Å². The first-order valence-electron chi connectivity index (χ1n) is 6.99. The number of halogens is 1. The predicted octanol–water partition coefficient (Wildman–Crippen LogP) is 4.67. The molecule has 0 saturated carbocycles. The van der Waals surface area contributed by atoms with Crippen LogP contribution in [0.1, 0.15) is 30.0 Å². The highest BCUT2D eigenvalue weighted by atomic mass is 127. The van der Waals surface area contributed by atoms with E-state index in [1.807, 2.05) is 0 Å². The Morgan fingerprint density at radius 2 is 1.95 bits per heavy atom. The standard InChI is InChI=1S/C17H19IO/c1-12(9-10-18)19-11-15-8-7-14-6-5-13-3-2-4-16(15)17(13)14/h2-4,7-8,12H,5-6,9-11H2,1H3. The second-order valence-electron chi connectivity index (χ2n) is 5.32. The van der Waals surface area contributed by atoms with Crippen LogP contribution in [0.25, 0.3) is 10.8 Å². The lowest BCUT2D eigenvalue weighted by atomic mass is 10.0. The molecule has 1 unspecified atom stereocenters. The monoisotopic (exact) mass is 366 g/mol. The summed E-state index contributed by atoms with van der Waals surface area (Å²) >= 11 is 2.41. The van der Waals surface area contributed by atoms with Gasteiger partial charge in [-0.15, -0.1) is 0 Å². The summed E-state index contributed by atoms with van der Waals surface area (Å²) in [5, 5.41) is 2.89. The lowest BCUT2D eigenvalue weighted by Gasteiger charge is -2.14. The Labute approximate surface area is 128 Å². The Morgan fingerprint density at radius 3 is 2.74 bits per heavy atom. The van der Waals surface area contributed by atoms with Crippen LogP contribution in [0, 0.1) is 0 Å². The molecule has 2 heteroatoms. The van der Waals surface area contributed by atoms with Gasteiger partial charge in [0.15, 0.2) is 0 Å². The van der Waals surface area contributed by atoms with Crippen LogP contribution in [0.2, 0.25) is 0 Å². The molecule has 0 aromatic heterocycles. The molecule has 100 valence electrons. The summed E-state index contributed by atoms with van der Waals surface area (Å²) in [6.45, 7) is 2.90. The SMILES string of the molecule is CC(CCI)OCc1ccc2c3c(cccc13)CC2. The van der Waals surface area contributed by atoms with E-state index in [1.165, 1.54) is 40.3 Å². The summed E-state index contributed by atoms with van der Waals surface area (Å²) in [5.41, 5.74) is 4.35. The van der Waals surface area contributed by atoms with E-state index >= 15 is 0 Å². The fourth-order valence-corrected chi connectivity index (χ4v) is 3.78. The summed E-state index contributed by atoms with van der Waals surface area (Å²) in [4.78, 5) is 0. The van der Waals surface area contributed by atoms with E-state index in [2.05, 4.69) is 59.8 Å². The normalized spacial score (nSPS) is 15.1. The van der Waals surface area contributed by atoms with Gasteiger partial charge in [0.1, 0.15) is 0 Å². The van der Waals surface area contributed by atoms with Gasteiger partial charge in [-0.1, -0.05) is 52.9 Å². The second kappa shape index (κ2) is 5.80. The van der Waals surface area contributed by atoms with Gasteiger partial charge >= 0.3 is 0 Å². The first kappa shape index (κ1) is 13.4. The van der Waals surface area contributed by atoms with Crippen LogP contribution in [0.4, 0.5) is 0 Å². The van der Waals surface area contributed by atoms with E-state index in [1.54, 1.807) is 0 Å². The van der Waals surface area contributed by atoms with Crippen LogP contribution in [-0.2, 0) is 24.2 Å². The first-order chi connectivity index (χ1) is 9.29. The summed E-state index contributed by atoms with van der Waals surface area (Å²) in [6.07, 6.45) is 3.87. The number of hydrogen-bond acceptors (Lipinski definition) is 1. The zero-order valence-corrected chi connectivity index (χ0v) is 13.4. The van der Waals surface area contributed by atoms with Crippen molar-refractivity contribution in [1.29, 1.82) is 0 Å². The Morgan fingerprint density at radius 1 is 1.16 bits per heavy atom. The quantitative estimate of drug-likeness (QED) is 0.552. The minimum Gasteiger partial charge on any atom is -0.374 e. The van der Waals surface area contributed by atoms with Crippen LogP contribution < -0.4 is 0 Å². The molecule has 0 aliphatic heterocycles. The van der Waals surface area contributed by atoms with Gasteiger partial charge in [-0.25, -0.2) is 0 Å². The van der Waals surface area contributed by atoms with Gasteiger partial charge in [0.05, 0.1) is 12.7 Å². The summed E-state index contributed by atoms with van der Waals surface area (Å²) < 4.78 is 7.13. The Kier molecular flexibility index (Phi) is 4.08. The summed E-state index contributed by atoms with van der Waals surface area (Å²) in [6, 6.07) is 11.2. The number of alkyl halides is 1. The Hall–Kier alpha value is -0.610. The third-order valence-electron chi connectivity index (χ3n) is 4.01. The minimum absolute atomic E-state index is 0.347. The van der Waals surface area contributed by atoms with E-state index in [0.29, 0.717) is 6.10 Å². The molecule has 0 fully saturated rings. The molecule has 1 aliphatic rings. The average Bonchev–Trinajstić information content (AvgIpc) is 2.84. The average molecular weight is 366 g/mol. The van der Waals surface area contributed by atoms with Crippen molar-refractivity contribution in [3.8, 4) is 0 Å².